The maximum Gasteiger partial charge on any atom is 0.244 e. The normalized spacial score (nSPS) is 22.3. The lowest BCUT2D eigenvalue weighted by Crippen LogP contribution is -2.59. The Morgan fingerprint density at radius 2 is 2.09 bits per heavy atom. The summed E-state index contributed by atoms with van der Waals surface area (Å²) in [5, 5.41) is 7.19. The van der Waals surface area contributed by atoms with Crippen LogP contribution in [-0.4, -0.2) is 49.2 Å². The molecule has 3 rings (SSSR count). The monoisotopic (exact) mass is 334 g/mol. The summed E-state index contributed by atoms with van der Waals surface area (Å²) in [6.07, 6.45) is 9.43. The van der Waals surface area contributed by atoms with Crippen LogP contribution in [0.5, 0.6) is 0 Å². The lowest BCUT2D eigenvalue weighted by atomic mass is 9.86. The van der Waals surface area contributed by atoms with Crippen molar-refractivity contribution in [2.75, 3.05) is 32.8 Å². The SMILES string of the molecule is O=C(/C=C\c1ccsc1)NCC1(N2CCCCC2)CCOCC1. The smallest absolute Gasteiger partial charge is 0.244 e. The number of piperidine rings is 1. The summed E-state index contributed by atoms with van der Waals surface area (Å²) in [7, 11) is 0. The number of thiophene rings is 1. The van der Waals surface area contributed by atoms with Crippen LogP contribution in [0.15, 0.2) is 22.9 Å². The zero-order valence-electron chi connectivity index (χ0n) is 13.6. The van der Waals surface area contributed by atoms with Crippen molar-refractivity contribution < 1.29 is 9.53 Å². The van der Waals surface area contributed by atoms with Gasteiger partial charge >= 0.3 is 0 Å². The standard InChI is InChI=1S/C18H26N2O2S/c21-17(5-4-16-6-13-23-14-16)19-15-18(7-11-22-12-8-18)20-9-2-1-3-10-20/h4-6,13-14H,1-3,7-12,15H2,(H,19,21)/b5-4-. The van der Waals surface area contributed by atoms with E-state index in [1.165, 1.54) is 19.3 Å². The first kappa shape index (κ1) is 16.7. The number of hydrogen-bond acceptors (Lipinski definition) is 4. The molecule has 0 saturated carbocycles. The third-order valence-corrected chi connectivity index (χ3v) is 5.71. The predicted molar refractivity (Wildman–Crippen MR) is 94.6 cm³/mol. The zero-order chi connectivity index (χ0) is 16.0. The van der Waals surface area contributed by atoms with Crippen LogP contribution < -0.4 is 5.32 Å². The van der Waals surface area contributed by atoms with Gasteiger partial charge < -0.3 is 10.1 Å². The molecule has 3 heterocycles. The zero-order valence-corrected chi connectivity index (χ0v) is 14.4. The first-order chi connectivity index (χ1) is 11.3. The minimum Gasteiger partial charge on any atom is -0.381 e. The Morgan fingerprint density at radius 1 is 1.30 bits per heavy atom. The Kier molecular flexibility index (Phi) is 5.86. The van der Waals surface area contributed by atoms with Gasteiger partial charge in [0.25, 0.3) is 0 Å². The van der Waals surface area contributed by atoms with Gasteiger partial charge in [-0.25, -0.2) is 0 Å². The van der Waals surface area contributed by atoms with Crippen molar-refractivity contribution in [1.29, 1.82) is 0 Å². The lowest BCUT2D eigenvalue weighted by Gasteiger charge is -2.48. The molecular formula is C18H26N2O2S. The molecule has 1 aromatic rings. The fourth-order valence-electron chi connectivity index (χ4n) is 3.58. The molecule has 2 aliphatic heterocycles. The van der Waals surface area contributed by atoms with E-state index in [0.717, 1.165) is 51.3 Å². The summed E-state index contributed by atoms with van der Waals surface area (Å²) in [6.45, 7) is 4.64. The van der Waals surface area contributed by atoms with E-state index in [4.69, 9.17) is 4.74 Å². The number of amides is 1. The Bertz CT molecular complexity index is 515. The van der Waals surface area contributed by atoms with Gasteiger partial charge in [-0.15, -0.1) is 0 Å². The molecule has 0 bridgehead atoms. The number of carbonyl (C=O) groups is 1. The highest BCUT2D eigenvalue weighted by Gasteiger charge is 2.38. The second-order valence-corrected chi connectivity index (χ2v) is 7.27. The van der Waals surface area contributed by atoms with Crippen LogP contribution in [0, 0.1) is 0 Å². The van der Waals surface area contributed by atoms with Gasteiger partial charge in [-0.1, -0.05) is 6.42 Å². The van der Waals surface area contributed by atoms with Crippen LogP contribution in [0.2, 0.25) is 0 Å². The summed E-state index contributed by atoms with van der Waals surface area (Å²) >= 11 is 1.64. The molecule has 0 atom stereocenters. The molecule has 2 aliphatic rings. The average molecular weight is 334 g/mol. The van der Waals surface area contributed by atoms with Gasteiger partial charge in [-0.2, -0.15) is 11.3 Å². The topological polar surface area (TPSA) is 41.6 Å². The molecule has 1 aromatic heterocycles. The van der Waals surface area contributed by atoms with Gasteiger partial charge in [0.15, 0.2) is 0 Å². The van der Waals surface area contributed by atoms with E-state index in [-0.39, 0.29) is 11.4 Å². The van der Waals surface area contributed by atoms with E-state index in [9.17, 15) is 4.79 Å². The van der Waals surface area contributed by atoms with Crippen molar-refractivity contribution >= 4 is 23.3 Å². The highest BCUT2D eigenvalue weighted by molar-refractivity contribution is 7.08. The van der Waals surface area contributed by atoms with Crippen molar-refractivity contribution in [2.45, 2.75) is 37.6 Å². The van der Waals surface area contributed by atoms with E-state index in [0.29, 0.717) is 0 Å². The van der Waals surface area contributed by atoms with Crippen LogP contribution in [0.1, 0.15) is 37.7 Å². The van der Waals surface area contributed by atoms with Crippen molar-refractivity contribution in [2.24, 2.45) is 0 Å². The molecule has 0 spiro atoms. The molecular weight excluding hydrogens is 308 g/mol. The molecule has 5 heteroatoms. The van der Waals surface area contributed by atoms with Crippen molar-refractivity contribution in [1.82, 2.24) is 10.2 Å². The molecule has 0 radical (unpaired) electrons. The molecule has 0 unspecified atom stereocenters. The van der Waals surface area contributed by atoms with Gasteiger partial charge in [0.2, 0.25) is 5.91 Å². The molecule has 0 aliphatic carbocycles. The molecule has 1 N–H and O–H groups in total. The number of nitrogens with zero attached hydrogens (tertiary/aromatic N) is 1. The summed E-state index contributed by atoms with van der Waals surface area (Å²) in [6, 6.07) is 2.02. The summed E-state index contributed by atoms with van der Waals surface area (Å²) in [5.74, 6) is -0.000855. The van der Waals surface area contributed by atoms with Crippen LogP contribution >= 0.6 is 11.3 Å². The van der Waals surface area contributed by atoms with Gasteiger partial charge in [-0.05, 0) is 67.2 Å². The number of ether oxygens (including phenoxy) is 1. The van der Waals surface area contributed by atoms with Crippen molar-refractivity contribution in [3.05, 3.63) is 28.5 Å². The number of nitrogens with one attached hydrogen (secondary N) is 1. The second-order valence-electron chi connectivity index (χ2n) is 6.49. The van der Waals surface area contributed by atoms with Gasteiger partial charge in [-0.3, -0.25) is 9.69 Å². The Morgan fingerprint density at radius 3 is 2.78 bits per heavy atom. The fraction of sp³-hybridized carbons (Fsp3) is 0.611. The Hall–Kier alpha value is -1.17. The fourth-order valence-corrected chi connectivity index (χ4v) is 4.21. The first-order valence-electron chi connectivity index (χ1n) is 8.59. The highest BCUT2D eigenvalue weighted by Crippen LogP contribution is 2.30. The number of likely N-dealkylation sites (tertiary alicyclic amines) is 1. The molecule has 126 valence electrons. The quantitative estimate of drug-likeness (QED) is 0.842. The van der Waals surface area contributed by atoms with E-state index < -0.39 is 0 Å². The van der Waals surface area contributed by atoms with Crippen LogP contribution in [0.3, 0.4) is 0 Å². The lowest BCUT2D eigenvalue weighted by molar-refractivity contribution is -0.118. The molecule has 2 saturated heterocycles. The van der Waals surface area contributed by atoms with Gasteiger partial charge in [0.1, 0.15) is 0 Å². The summed E-state index contributed by atoms with van der Waals surface area (Å²) < 4.78 is 5.57. The molecule has 0 aromatic carbocycles. The van der Waals surface area contributed by atoms with E-state index in [1.54, 1.807) is 17.4 Å². The van der Waals surface area contributed by atoms with E-state index in [2.05, 4.69) is 10.2 Å². The Balaban J connectivity index is 1.58. The van der Waals surface area contributed by atoms with Gasteiger partial charge in [0.05, 0.1) is 0 Å². The average Bonchev–Trinajstić information content (AvgIpc) is 3.13. The third-order valence-electron chi connectivity index (χ3n) is 5.01. The van der Waals surface area contributed by atoms with Crippen LogP contribution in [0.25, 0.3) is 6.08 Å². The molecule has 23 heavy (non-hydrogen) atoms. The first-order valence-corrected chi connectivity index (χ1v) is 9.54. The Labute approximate surface area is 142 Å². The largest absolute Gasteiger partial charge is 0.381 e. The molecule has 4 nitrogen and oxygen atoms in total. The minimum absolute atomic E-state index is 0.000855. The van der Waals surface area contributed by atoms with Gasteiger partial charge in [0, 0.05) is 31.4 Å². The summed E-state index contributed by atoms with van der Waals surface area (Å²) in [4.78, 5) is 14.8. The third kappa shape index (κ3) is 4.43. The maximum absolute atomic E-state index is 12.2. The van der Waals surface area contributed by atoms with Crippen molar-refractivity contribution in [3.63, 3.8) is 0 Å². The minimum atomic E-state index is -0.000855. The molecule has 1 amide bonds. The number of hydrogen-bond donors (Lipinski definition) is 1. The maximum atomic E-state index is 12.2. The number of carbonyl (C=O) groups excluding carboxylic acids is 1. The van der Waals surface area contributed by atoms with Crippen LogP contribution in [-0.2, 0) is 9.53 Å². The second kappa shape index (κ2) is 8.08. The van der Waals surface area contributed by atoms with Crippen molar-refractivity contribution in [3.8, 4) is 0 Å². The molecule has 2 fully saturated rings. The highest BCUT2D eigenvalue weighted by atomic mass is 32.1. The van der Waals surface area contributed by atoms with E-state index >= 15 is 0 Å². The van der Waals surface area contributed by atoms with Crippen LogP contribution in [0.4, 0.5) is 0 Å². The van der Waals surface area contributed by atoms with E-state index in [1.807, 2.05) is 22.9 Å². The summed E-state index contributed by atoms with van der Waals surface area (Å²) in [5.41, 5.74) is 1.17. The number of rotatable bonds is 5. The predicted octanol–water partition coefficient (Wildman–Crippen LogP) is 2.91.